The molecule has 0 spiro atoms. The van der Waals surface area contributed by atoms with E-state index in [1.807, 2.05) is 30.3 Å². The van der Waals surface area contributed by atoms with Crippen LogP contribution in [0.2, 0.25) is 0 Å². The average Bonchev–Trinajstić information content (AvgIpc) is 2.92. The molecule has 0 aliphatic heterocycles. The van der Waals surface area contributed by atoms with E-state index < -0.39 is 5.97 Å². The van der Waals surface area contributed by atoms with Crippen molar-refractivity contribution in [3.8, 4) is 6.07 Å². The summed E-state index contributed by atoms with van der Waals surface area (Å²) in [5.74, 6) is -0.557. The van der Waals surface area contributed by atoms with E-state index in [1.54, 1.807) is 12.3 Å². The molecule has 1 heterocycles. The summed E-state index contributed by atoms with van der Waals surface area (Å²) in [5.41, 5.74) is 1.81. The maximum Gasteiger partial charge on any atom is 0.348 e. The molecule has 2 aromatic rings. The highest BCUT2D eigenvalue weighted by Gasteiger charge is 2.11. The molecule has 1 N–H and O–H groups in total. The lowest BCUT2D eigenvalue weighted by Crippen LogP contribution is -2.07. The zero-order chi connectivity index (χ0) is 15.1. The number of esters is 1. The third kappa shape index (κ3) is 3.73. The van der Waals surface area contributed by atoms with Crippen molar-refractivity contribution in [2.75, 3.05) is 6.61 Å². The summed E-state index contributed by atoms with van der Waals surface area (Å²) in [6.45, 7) is 2.44. The number of carbonyl (C=O) groups excluding carboxylic acids is 1. The molecule has 0 unspecified atom stereocenters. The molecule has 21 heavy (non-hydrogen) atoms. The monoisotopic (exact) mass is 282 g/mol. The molecule has 4 nitrogen and oxygen atoms in total. The number of nitrogens with zero attached hydrogens (tertiary/aromatic N) is 1. The molecule has 108 valence electrons. The maximum atomic E-state index is 11.9. The Bertz CT molecular complexity index is 692. The first kappa shape index (κ1) is 14.9. The van der Waals surface area contributed by atoms with Crippen molar-refractivity contribution in [3.63, 3.8) is 0 Å². The van der Waals surface area contributed by atoms with Crippen molar-refractivity contribution < 1.29 is 9.53 Å². The van der Waals surface area contributed by atoms with Gasteiger partial charge in [0.25, 0.3) is 0 Å². The van der Waals surface area contributed by atoms with E-state index in [4.69, 9.17) is 10.00 Å². The second-order valence-electron chi connectivity index (χ2n) is 4.80. The number of hydrogen-bond donors (Lipinski definition) is 1. The molecule has 0 amide bonds. The van der Waals surface area contributed by atoms with Crippen LogP contribution in [0.5, 0.6) is 0 Å². The summed E-state index contributed by atoms with van der Waals surface area (Å²) >= 11 is 0. The van der Waals surface area contributed by atoms with Gasteiger partial charge in [0.15, 0.2) is 0 Å². The zero-order valence-corrected chi connectivity index (χ0v) is 12.1. The van der Waals surface area contributed by atoms with E-state index >= 15 is 0 Å². The molecule has 1 aromatic heterocycles. The number of para-hydroxylation sites is 1. The van der Waals surface area contributed by atoms with Crippen molar-refractivity contribution in [2.24, 2.45) is 0 Å². The van der Waals surface area contributed by atoms with E-state index in [9.17, 15) is 4.79 Å². The predicted molar refractivity (Wildman–Crippen MR) is 82.4 cm³/mol. The minimum Gasteiger partial charge on any atom is -0.462 e. The molecule has 0 radical (unpaired) electrons. The molecule has 0 aliphatic carbocycles. The van der Waals surface area contributed by atoms with E-state index in [1.165, 1.54) is 0 Å². The molecular weight excluding hydrogens is 264 g/mol. The molecule has 4 heteroatoms. The van der Waals surface area contributed by atoms with Gasteiger partial charge in [0.2, 0.25) is 0 Å². The Morgan fingerprint density at radius 3 is 2.95 bits per heavy atom. The first-order chi connectivity index (χ1) is 10.3. The van der Waals surface area contributed by atoms with Crippen LogP contribution in [-0.2, 0) is 9.53 Å². The normalized spacial score (nSPS) is 11.3. The lowest BCUT2D eigenvalue weighted by molar-refractivity contribution is -0.138. The number of ether oxygens (including phenoxy) is 1. The van der Waals surface area contributed by atoms with Gasteiger partial charge in [-0.1, -0.05) is 38.0 Å². The van der Waals surface area contributed by atoms with Gasteiger partial charge in [-0.3, -0.25) is 0 Å². The maximum absolute atomic E-state index is 11.9. The Morgan fingerprint density at radius 1 is 1.38 bits per heavy atom. The number of benzene rings is 1. The van der Waals surface area contributed by atoms with Crippen LogP contribution in [0.4, 0.5) is 0 Å². The summed E-state index contributed by atoms with van der Waals surface area (Å²) in [4.78, 5) is 15.0. The van der Waals surface area contributed by atoms with Crippen LogP contribution in [0.1, 0.15) is 31.7 Å². The van der Waals surface area contributed by atoms with Gasteiger partial charge in [-0.25, -0.2) is 4.79 Å². The second-order valence-corrected chi connectivity index (χ2v) is 4.80. The first-order valence-electron chi connectivity index (χ1n) is 7.11. The molecule has 1 aromatic carbocycles. The van der Waals surface area contributed by atoms with Crippen LogP contribution in [0.15, 0.2) is 36.0 Å². The standard InChI is InChI=1S/C17H18N2O2/c1-2-3-6-9-21-17(20)13(11-18)10-14-12-19-16-8-5-4-7-15(14)16/h4-5,7-8,10,12,19H,2-3,6,9H2,1H3. The number of unbranched alkanes of at least 4 members (excludes halogenated alkanes) is 2. The van der Waals surface area contributed by atoms with Crippen LogP contribution in [0, 0.1) is 11.3 Å². The molecule has 0 fully saturated rings. The van der Waals surface area contributed by atoms with E-state index in [-0.39, 0.29) is 5.57 Å². The number of carbonyl (C=O) groups is 1. The van der Waals surface area contributed by atoms with E-state index in [0.29, 0.717) is 6.61 Å². The quantitative estimate of drug-likeness (QED) is 0.379. The number of rotatable bonds is 6. The van der Waals surface area contributed by atoms with Gasteiger partial charge in [-0.05, 0) is 18.6 Å². The number of nitriles is 1. The number of aromatic nitrogens is 1. The number of hydrogen-bond acceptors (Lipinski definition) is 3. The minimum atomic E-state index is -0.557. The van der Waals surface area contributed by atoms with Crippen molar-refractivity contribution in [2.45, 2.75) is 26.2 Å². The lowest BCUT2D eigenvalue weighted by Gasteiger charge is -2.02. The Labute approximate surface area is 124 Å². The van der Waals surface area contributed by atoms with Crippen molar-refractivity contribution in [3.05, 3.63) is 41.6 Å². The van der Waals surface area contributed by atoms with E-state index in [0.717, 1.165) is 35.7 Å². The number of H-pyrrole nitrogens is 1. The zero-order valence-electron chi connectivity index (χ0n) is 12.1. The van der Waals surface area contributed by atoms with Crippen LogP contribution in [0.25, 0.3) is 17.0 Å². The fourth-order valence-electron chi connectivity index (χ4n) is 2.10. The molecule has 0 atom stereocenters. The average molecular weight is 282 g/mol. The van der Waals surface area contributed by atoms with Crippen molar-refractivity contribution >= 4 is 22.9 Å². The summed E-state index contributed by atoms with van der Waals surface area (Å²) in [5, 5.41) is 10.1. The van der Waals surface area contributed by atoms with Crippen LogP contribution < -0.4 is 0 Å². The molecule has 0 saturated carbocycles. The molecule has 0 bridgehead atoms. The van der Waals surface area contributed by atoms with Crippen LogP contribution >= 0.6 is 0 Å². The number of aromatic amines is 1. The topological polar surface area (TPSA) is 65.9 Å². The van der Waals surface area contributed by atoms with Crippen molar-refractivity contribution in [1.82, 2.24) is 4.98 Å². The van der Waals surface area contributed by atoms with Gasteiger partial charge in [-0.2, -0.15) is 5.26 Å². The number of fused-ring (bicyclic) bond motifs is 1. The molecule has 2 rings (SSSR count). The minimum absolute atomic E-state index is 0.0243. The van der Waals surface area contributed by atoms with E-state index in [2.05, 4.69) is 11.9 Å². The summed E-state index contributed by atoms with van der Waals surface area (Å²) in [7, 11) is 0. The second kappa shape index (κ2) is 7.30. The fraction of sp³-hybridized carbons (Fsp3) is 0.294. The van der Waals surface area contributed by atoms with Crippen molar-refractivity contribution in [1.29, 1.82) is 5.26 Å². The van der Waals surface area contributed by atoms with Gasteiger partial charge in [0.1, 0.15) is 11.6 Å². The SMILES string of the molecule is CCCCCOC(=O)C(C#N)=Cc1c[nH]c2ccccc12. The summed E-state index contributed by atoms with van der Waals surface area (Å²) in [6, 6.07) is 9.66. The predicted octanol–water partition coefficient (Wildman–Crippen LogP) is 3.81. The molecule has 0 saturated heterocycles. The third-order valence-corrected chi connectivity index (χ3v) is 3.24. The highest BCUT2D eigenvalue weighted by Crippen LogP contribution is 2.20. The van der Waals surface area contributed by atoms with Crippen LogP contribution in [-0.4, -0.2) is 17.6 Å². The first-order valence-corrected chi connectivity index (χ1v) is 7.11. The van der Waals surface area contributed by atoms with Gasteiger partial charge < -0.3 is 9.72 Å². The lowest BCUT2D eigenvalue weighted by atomic mass is 10.1. The summed E-state index contributed by atoms with van der Waals surface area (Å²) < 4.78 is 5.12. The highest BCUT2D eigenvalue weighted by molar-refractivity contribution is 6.01. The number of nitrogens with one attached hydrogen (secondary N) is 1. The van der Waals surface area contributed by atoms with Gasteiger partial charge >= 0.3 is 5.97 Å². The summed E-state index contributed by atoms with van der Waals surface area (Å²) in [6.07, 6.45) is 6.26. The Kier molecular flexibility index (Phi) is 5.16. The highest BCUT2D eigenvalue weighted by atomic mass is 16.5. The Balaban J connectivity index is 2.13. The smallest absolute Gasteiger partial charge is 0.348 e. The van der Waals surface area contributed by atoms with Crippen LogP contribution in [0.3, 0.4) is 0 Å². The Hall–Kier alpha value is -2.54. The van der Waals surface area contributed by atoms with Gasteiger partial charge in [0.05, 0.1) is 6.61 Å². The Morgan fingerprint density at radius 2 is 2.19 bits per heavy atom. The van der Waals surface area contributed by atoms with Gasteiger partial charge in [0, 0.05) is 22.7 Å². The fourth-order valence-corrected chi connectivity index (χ4v) is 2.10. The molecule has 0 aliphatic rings. The van der Waals surface area contributed by atoms with Gasteiger partial charge in [-0.15, -0.1) is 0 Å². The largest absolute Gasteiger partial charge is 0.462 e. The third-order valence-electron chi connectivity index (χ3n) is 3.24. The molecular formula is C17H18N2O2.